The minimum atomic E-state index is -0.808. The Morgan fingerprint density at radius 3 is 2.59 bits per heavy atom. The Labute approximate surface area is 169 Å². The van der Waals surface area contributed by atoms with E-state index < -0.39 is 30.0 Å². The fourth-order valence-electron chi connectivity index (χ4n) is 2.52. The van der Waals surface area contributed by atoms with Crippen LogP contribution < -0.4 is 9.64 Å². The monoisotopic (exact) mass is 415 g/mol. The van der Waals surface area contributed by atoms with Gasteiger partial charge >= 0.3 is 11.7 Å². The van der Waals surface area contributed by atoms with Crippen molar-refractivity contribution in [2.75, 3.05) is 24.7 Å². The molecule has 0 unspecified atom stereocenters. The first-order valence-electron chi connectivity index (χ1n) is 8.67. The second-order valence-corrected chi connectivity index (χ2v) is 6.79. The van der Waals surface area contributed by atoms with Crippen LogP contribution in [0.2, 0.25) is 0 Å². The molecular formula is C19H17N3O6S. The van der Waals surface area contributed by atoms with Gasteiger partial charge in [0.25, 0.3) is 5.91 Å². The molecule has 3 aromatic rings. The van der Waals surface area contributed by atoms with Gasteiger partial charge in [0.2, 0.25) is 0 Å². The number of ether oxygens (including phenoxy) is 2. The number of nitro benzene ring substituents is 1. The highest BCUT2D eigenvalue weighted by Gasteiger charge is 2.20. The third-order valence-corrected chi connectivity index (χ3v) is 4.95. The standard InChI is InChI=1S/C19H17N3O6S/c1-2-21(19-20-13-7-3-6-10-16(13)29-19)17(23)11-28-18(24)12-27-15-9-5-4-8-14(15)22(25)26/h3-10H,2,11-12H2,1H3. The fourth-order valence-corrected chi connectivity index (χ4v) is 3.57. The largest absolute Gasteiger partial charge is 0.475 e. The molecule has 3 rings (SSSR count). The van der Waals surface area contributed by atoms with Gasteiger partial charge in [-0.25, -0.2) is 9.78 Å². The minimum absolute atomic E-state index is 0.0505. The lowest BCUT2D eigenvalue weighted by molar-refractivity contribution is -0.385. The van der Waals surface area contributed by atoms with Crippen molar-refractivity contribution < 1.29 is 24.0 Å². The number of hydrogen-bond donors (Lipinski definition) is 0. The topological polar surface area (TPSA) is 112 Å². The number of fused-ring (bicyclic) bond motifs is 1. The Kier molecular flexibility index (Phi) is 6.35. The van der Waals surface area contributed by atoms with Crippen LogP contribution in [0.5, 0.6) is 5.75 Å². The third-order valence-electron chi connectivity index (χ3n) is 3.89. The van der Waals surface area contributed by atoms with E-state index >= 15 is 0 Å². The van der Waals surface area contributed by atoms with Crippen LogP contribution in [0.1, 0.15) is 6.92 Å². The molecule has 150 valence electrons. The summed E-state index contributed by atoms with van der Waals surface area (Å²) in [7, 11) is 0. The van der Waals surface area contributed by atoms with Crippen LogP contribution in [0, 0.1) is 10.1 Å². The molecular weight excluding hydrogens is 398 g/mol. The van der Waals surface area contributed by atoms with E-state index in [1.165, 1.54) is 34.4 Å². The molecule has 0 spiro atoms. The molecule has 0 radical (unpaired) electrons. The Bertz CT molecular complexity index is 1020. The number of thiazole rings is 1. The summed E-state index contributed by atoms with van der Waals surface area (Å²) in [5, 5.41) is 11.5. The molecule has 0 aliphatic carbocycles. The summed E-state index contributed by atoms with van der Waals surface area (Å²) in [6, 6.07) is 13.2. The summed E-state index contributed by atoms with van der Waals surface area (Å²) in [5.41, 5.74) is 0.526. The maximum atomic E-state index is 12.5. The number of carbonyl (C=O) groups is 2. The van der Waals surface area contributed by atoms with E-state index in [1.54, 1.807) is 13.0 Å². The van der Waals surface area contributed by atoms with E-state index in [9.17, 15) is 19.7 Å². The van der Waals surface area contributed by atoms with Crippen molar-refractivity contribution in [2.45, 2.75) is 6.92 Å². The maximum Gasteiger partial charge on any atom is 0.344 e. The van der Waals surface area contributed by atoms with Crippen LogP contribution in [0.3, 0.4) is 0 Å². The van der Waals surface area contributed by atoms with Crippen LogP contribution in [0.25, 0.3) is 10.2 Å². The summed E-state index contributed by atoms with van der Waals surface area (Å²) < 4.78 is 11.1. The summed E-state index contributed by atoms with van der Waals surface area (Å²) in [4.78, 5) is 40.5. The van der Waals surface area contributed by atoms with Gasteiger partial charge in [0.1, 0.15) is 0 Å². The lowest BCUT2D eigenvalue weighted by Gasteiger charge is -2.17. The normalized spacial score (nSPS) is 10.5. The van der Waals surface area contributed by atoms with Gasteiger partial charge in [-0.05, 0) is 25.1 Å². The lowest BCUT2D eigenvalue weighted by atomic mass is 10.3. The number of nitrogens with zero attached hydrogens (tertiary/aromatic N) is 3. The molecule has 0 saturated heterocycles. The number of esters is 1. The van der Waals surface area contributed by atoms with Gasteiger partial charge in [-0.2, -0.15) is 0 Å². The van der Waals surface area contributed by atoms with Crippen molar-refractivity contribution in [1.29, 1.82) is 0 Å². The Hall–Kier alpha value is -3.53. The number of nitro groups is 1. The first-order chi connectivity index (χ1) is 14.0. The second-order valence-electron chi connectivity index (χ2n) is 5.78. The number of rotatable bonds is 8. The molecule has 2 aromatic carbocycles. The van der Waals surface area contributed by atoms with Gasteiger partial charge in [0.05, 0.1) is 15.1 Å². The highest BCUT2D eigenvalue weighted by atomic mass is 32.1. The lowest BCUT2D eigenvalue weighted by Crippen LogP contribution is -2.35. The summed E-state index contributed by atoms with van der Waals surface area (Å²) in [6.45, 7) is 1.13. The number of likely N-dealkylation sites (N-methyl/N-ethyl adjacent to an activating group) is 1. The van der Waals surface area contributed by atoms with Gasteiger partial charge in [0.15, 0.2) is 24.1 Å². The summed E-state index contributed by atoms with van der Waals surface area (Å²) >= 11 is 1.37. The predicted octanol–water partition coefficient (Wildman–Crippen LogP) is 3.18. The number of amides is 1. The molecule has 0 saturated carbocycles. The van der Waals surface area contributed by atoms with Crippen molar-refractivity contribution >= 4 is 44.2 Å². The highest BCUT2D eigenvalue weighted by Crippen LogP contribution is 2.28. The maximum absolute atomic E-state index is 12.5. The van der Waals surface area contributed by atoms with Crippen molar-refractivity contribution in [3.63, 3.8) is 0 Å². The van der Waals surface area contributed by atoms with E-state index in [4.69, 9.17) is 9.47 Å². The SMILES string of the molecule is CCN(C(=O)COC(=O)COc1ccccc1[N+](=O)[O-])c1nc2ccccc2s1. The van der Waals surface area contributed by atoms with E-state index in [1.807, 2.05) is 24.3 Å². The van der Waals surface area contributed by atoms with E-state index in [-0.39, 0.29) is 11.4 Å². The van der Waals surface area contributed by atoms with Crippen LogP contribution in [-0.4, -0.2) is 41.5 Å². The molecule has 1 amide bonds. The molecule has 0 fully saturated rings. The van der Waals surface area contributed by atoms with Gasteiger partial charge in [0, 0.05) is 12.6 Å². The predicted molar refractivity (Wildman–Crippen MR) is 107 cm³/mol. The zero-order valence-corrected chi connectivity index (χ0v) is 16.3. The molecule has 29 heavy (non-hydrogen) atoms. The second kappa shape index (κ2) is 9.11. The first-order valence-corrected chi connectivity index (χ1v) is 9.49. The van der Waals surface area contributed by atoms with E-state index in [2.05, 4.69) is 4.98 Å². The van der Waals surface area contributed by atoms with Crippen LogP contribution in [-0.2, 0) is 14.3 Å². The van der Waals surface area contributed by atoms with Crippen molar-refractivity contribution in [1.82, 2.24) is 4.98 Å². The molecule has 0 N–H and O–H groups in total. The Balaban J connectivity index is 1.56. The van der Waals surface area contributed by atoms with Crippen LogP contribution in [0.15, 0.2) is 48.5 Å². The van der Waals surface area contributed by atoms with Crippen LogP contribution >= 0.6 is 11.3 Å². The molecule has 10 heteroatoms. The Morgan fingerprint density at radius 1 is 1.14 bits per heavy atom. The highest BCUT2D eigenvalue weighted by molar-refractivity contribution is 7.22. The average Bonchev–Trinajstić information content (AvgIpc) is 3.15. The van der Waals surface area contributed by atoms with Gasteiger partial charge in [-0.1, -0.05) is 35.6 Å². The summed E-state index contributed by atoms with van der Waals surface area (Å²) in [5.74, 6) is -1.28. The number of benzene rings is 2. The molecule has 0 aliphatic rings. The van der Waals surface area contributed by atoms with Crippen molar-refractivity contribution in [3.05, 3.63) is 58.6 Å². The number of anilines is 1. The minimum Gasteiger partial charge on any atom is -0.475 e. The number of para-hydroxylation sites is 3. The molecule has 1 aromatic heterocycles. The zero-order valence-electron chi connectivity index (χ0n) is 15.4. The van der Waals surface area contributed by atoms with Crippen molar-refractivity contribution in [3.8, 4) is 5.75 Å². The van der Waals surface area contributed by atoms with Gasteiger partial charge in [-0.15, -0.1) is 0 Å². The van der Waals surface area contributed by atoms with E-state index in [0.29, 0.717) is 11.7 Å². The Morgan fingerprint density at radius 2 is 1.86 bits per heavy atom. The molecule has 0 aliphatic heterocycles. The quantitative estimate of drug-likeness (QED) is 0.315. The van der Waals surface area contributed by atoms with Gasteiger partial charge < -0.3 is 9.47 Å². The molecule has 1 heterocycles. The van der Waals surface area contributed by atoms with Crippen molar-refractivity contribution in [2.24, 2.45) is 0 Å². The van der Waals surface area contributed by atoms with Crippen LogP contribution in [0.4, 0.5) is 10.8 Å². The third kappa shape index (κ3) is 4.85. The summed E-state index contributed by atoms with van der Waals surface area (Å²) in [6.07, 6.45) is 0. The molecule has 0 bridgehead atoms. The fraction of sp³-hybridized carbons (Fsp3) is 0.211. The molecule has 9 nitrogen and oxygen atoms in total. The zero-order chi connectivity index (χ0) is 20.8. The van der Waals surface area contributed by atoms with Gasteiger partial charge in [-0.3, -0.25) is 19.8 Å². The first kappa shape index (κ1) is 20.2. The number of aromatic nitrogens is 1. The average molecular weight is 415 g/mol. The molecule has 0 atom stereocenters. The van der Waals surface area contributed by atoms with E-state index in [0.717, 1.165) is 10.2 Å². The number of carbonyl (C=O) groups excluding carboxylic acids is 2. The smallest absolute Gasteiger partial charge is 0.344 e. The number of hydrogen-bond acceptors (Lipinski definition) is 8.